The van der Waals surface area contributed by atoms with E-state index in [0.29, 0.717) is 5.56 Å². The zero-order valence-electron chi connectivity index (χ0n) is 17.7. The number of anilines is 1. The minimum absolute atomic E-state index is 0.191. The first-order valence-corrected chi connectivity index (χ1v) is 9.85. The van der Waals surface area contributed by atoms with E-state index in [0.717, 1.165) is 10.1 Å². The second-order valence-electron chi connectivity index (χ2n) is 7.50. The zero-order valence-corrected chi connectivity index (χ0v) is 17.7. The Kier molecular flexibility index (Phi) is 5.28. The quantitative estimate of drug-likeness (QED) is 0.503. The van der Waals surface area contributed by atoms with E-state index < -0.39 is 17.2 Å². The molecule has 0 aliphatic rings. The molecule has 0 fully saturated rings. The molecule has 8 heteroatoms. The van der Waals surface area contributed by atoms with Crippen molar-refractivity contribution in [3.8, 4) is 0 Å². The number of benzene rings is 2. The number of pyridine rings is 1. The van der Waals surface area contributed by atoms with Gasteiger partial charge in [0.2, 0.25) is 0 Å². The Morgan fingerprint density at radius 3 is 2.25 bits per heavy atom. The van der Waals surface area contributed by atoms with E-state index in [-0.39, 0.29) is 33.6 Å². The lowest BCUT2D eigenvalue weighted by molar-refractivity contribution is 0.0996. The van der Waals surface area contributed by atoms with Crippen LogP contribution in [0.15, 0.2) is 70.4 Å². The van der Waals surface area contributed by atoms with Crippen LogP contribution in [0.4, 0.5) is 5.69 Å². The third-order valence-corrected chi connectivity index (χ3v) is 5.28. The lowest BCUT2D eigenvalue weighted by Gasteiger charge is -2.11. The fraction of sp³-hybridized carbons (Fsp3) is 0.125. The smallest absolute Gasteiger partial charge is 0.321 e. The Hall–Kier alpha value is -4.33. The Bertz CT molecular complexity index is 1500. The number of hydrogen-bond donors (Lipinski definition) is 1. The van der Waals surface area contributed by atoms with Gasteiger partial charge in [-0.15, -0.1) is 0 Å². The molecule has 1 amide bonds. The fourth-order valence-corrected chi connectivity index (χ4v) is 3.47. The molecule has 2 heterocycles. The molecule has 2 aromatic carbocycles. The first-order valence-electron chi connectivity index (χ1n) is 9.85. The Morgan fingerprint density at radius 2 is 1.56 bits per heavy atom. The van der Waals surface area contributed by atoms with E-state index in [2.05, 4.69) is 10.3 Å². The van der Waals surface area contributed by atoms with Crippen LogP contribution in [0, 0.1) is 6.92 Å². The van der Waals surface area contributed by atoms with Gasteiger partial charge >= 0.3 is 5.69 Å². The molecule has 2 aromatic heterocycles. The molecule has 0 saturated heterocycles. The third-order valence-electron chi connectivity index (χ3n) is 5.28. The molecule has 4 aromatic rings. The van der Waals surface area contributed by atoms with Gasteiger partial charge in [0.05, 0.1) is 22.8 Å². The molecule has 0 aliphatic heterocycles. The molecule has 32 heavy (non-hydrogen) atoms. The van der Waals surface area contributed by atoms with Crippen LogP contribution in [0.3, 0.4) is 0 Å². The number of aryl methyl sites for hydroxylation is 2. The summed E-state index contributed by atoms with van der Waals surface area (Å²) in [6, 6.07) is 15.1. The van der Waals surface area contributed by atoms with Crippen molar-refractivity contribution < 1.29 is 9.59 Å². The molecule has 0 atom stereocenters. The van der Waals surface area contributed by atoms with Gasteiger partial charge in [-0.25, -0.2) is 9.78 Å². The number of amides is 1. The summed E-state index contributed by atoms with van der Waals surface area (Å²) in [6.07, 6.45) is 1.36. The van der Waals surface area contributed by atoms with E-state index in [1.54, 1.807) is 36.4 Å². The summed E-state index contributed by atoms with van der Waals surface area (Å²) in [5, 5.41) is 2.89. The molecule has 0 spiro atoms. The minimum atomic E-state index is -0.512. The first-order chi connectivity index (χ1) is 15.3. The van der Waals surface area contributed by atoms with Crippen LogP contribution in [0.2, 0.25) is 0 Å². The van der Waals surface area contributed by atoms with Gasteiger partial charge < -0.3 is 5.32 Å². The Labute approximate surface area is 182 Å². The summed E-state index contributed by atoms with van der Waals surface area (Å²) in [7, 11) is 2.89. The molecular weight excluding hydrogens is 408 g/mol. The molecule has 160 valence electrons. The number of nitrogens with one attached hydrogen (secondary N) is 1. The molecule has 8 nitrogen and oxygen atoms in total. The number of nitrogens with zero attached hydrogens (tertiary/aromatic N) is 3. The molecule has 4 rings (SSSR count). The third kappa shape index (κ3) is 3.62. The van der Waals surface area contributed by atoms with Crippen molar-refractivity contribution in [1.82, 2.24) is 14.1 Å². The highest BCUT2D eigenvalue weighted by molar-refractivity contribution is 6.17. The lowest BCUT2D eigenvalue weighted by atomic mass is 9.97. The molecule has 0 radical (unpaired) electrons. The summed E-state index contributed by atoms with van der Waals surface area (Å²) in [4.78, 5) is 54.7. The highest BCUT2D eigenvalue weighted by Crippen LogP contribution is 2.18. The van der Waals surface area contributed by atoms with Crippen molar-refractivity contribution in [3.05, 3.63) is 104 Å². The number of ketones is 1. The number of rotatable bonds is 4. The summed E-state index contributed by atoms with van der Waals surface area (Å²) in [5.74, 6) is -0.778. The molecule has 0 unspecified atom stereocenters. The lowest BCUT2D eigenvalue weighted by Crippen LogP contribution is -2.37. The van der Waals surface area contributed by atoms with Gasteiger partial charge in [-0.05, 0) is 19.1 Å². The van der Waals surface area contributed by atoms with Crippen LogP contribution in [0.5, 0.6) is 0 Å². The van der Waals surface area contributed by atoms with Gasteiger partial charge in [-0.1, -0.05) is 48.0 Å². The van der Waals surface area contributed by atoms with Crippen LogP contribution in [-0.2, 0) is 14.1 Å². The van der Waals surface area contributed by atoms with Gasteiger partial charge in [0.25, 0.3) is 11.5 Å². The van der Waals surface area contributed by atoms with E-state index in [1.165, 1.54) is 30.9 Å². The first kappa shape index (κ1) is 20.9. The molecule has 0 bridgehead atoms. The standard InChI is InChI=1S/C24H20N4O4/c1-14-8-10-15(11-9-14)20(29)17-6-4-5-7-18(17)22(30)26-16-12-19-21(25-13-16)27(2)24(32)28(3)23(19)31/h4-13H,1-3H3,(H,26,30). The zero-order chi connectivity index (χ0) is 23.0. The average molecular weight is 428 g/mol. The van der Waals surface area contributed by atoms with Crippen LogP contribution in [0.1, 0.15) is 31.8 Å². The summed E-state index contributed by atoms with van der Waals surface area (Å²) in [5.41, 5.74) is 1.46. The number of carbonyl (C=O) groups is 2. The van der Waals surface area contributed by atoms with Crippen LogP contribution < -0.4 is 16.6 Å². The molecule has 1 N–H and O–H groups in total. The van der Waals surface area contributed by atoms with Crippen molar-refractivity contribution >= 4 is 28.4 Å². The normalized spacial score (nSPS) is 10.8. The van der Waals surface area contributed by atoms with E-state index >= 15 is 0 Å². The van der Waals surface area contributed by atoms with Gasteiger partial charge in [-0.2, -0.15) is 0 Å². The van der Waals surface area contributed by atoms with Crippen LogP contribution in [0.25, 0.3) is 11.0 Å². The Morgan fingerprint density at radius 1 is 0.906 bits per heavy atom. The predicted molar refractivity (Wildman–Crippen MR) is 121 cm³/mol. The second-order valence-corrected chi connectivity index (χ2v) is 7.50. The number of carbonyl (C=O) groups excluding carboxylic acids is 2. The van der Waals surface area contributed by atoms with Gasteiger partial charge in [-0.3, -0.25) is 23.5 Å². The maximum absolute atomic E-state index is 13.0. The largest absolute Gasteiger partial charge is 0.332 e. The maximum Gasteiger partial charge on any atom is 0.332 e. The van der Waals surface area contributed by atoms with Gasteiger partial charge in [0.15, 0.2) is 5.78 Å². The van der Waals surface area contributed by atoms with Crippen molar-refractivity contribution in [2.75, 3.05) is 5.32 Å². The number of aromatic nitrogens is 3. The highest BCUT2D eigenvalue weighted by Gasteiger charge is 2.19. The topological polar surface area (TPSA) is 103 Å². The van der Waals surface area contributed by atoms with E-state index in [4.69, 9.17) is 0 Å². The van der Waals surface area contributed by atoms with Crippen LogP contribution in [-0.4, -0.2) is 25.8 Å². The Balaban J connectivity index is 1.70. The van der Waals surface area contributed by atoms with E-state index in [1.807, 2.05) is 19.1 Å². The summed E-state index contributed by atoms with van der Waals surface area (Å²) < 4.78 is 2.24. The maximum atomic E-state index is 13.0. The van der Waals surface area contributed by atoms with Crippen LogP contribution >= 0.6 is 0 Å². The van der Waals surface area contributed by atoms with Crippen molar-refractivity contribution in [1.29, 1.82) is 0 Å². The summed E-state index contributed by atoms with van der Waals surface area (Å²) >= 11 is 0. The molecular formula is C24H20N4O4. The molecule has 0 saturated carbocycles. The van der Waals surface area contributed by atoms with E-state index in [9.17, 15) is 19.2 Å². The van der Waals surface area contributed by atoms with Crippen molar-refractivity contribution in [3.63, 3.8) is 0 Å². The SMILES string of the molecule is Cc1ccc(C(=O)c2ccccc2C(=O)Nc2cnc3c(c2)c(=O)n(C)c(=O)n3C)cc1. The number of fused-ring (bicyclic) bond motifs is 1. The van der Waals surface area contributed by atoms with Crippen molar-refractivity contribution in [2.24, 2.45) is 14.1 Å². The predicted octanol–water partition coefficient (Wildman–Crippen LogP) is 2.42. The second kappa shape index (κ2) is 8.07. The minimum Gasteiger partial charge on any atom is -0.321 e. The van der Waals surface area contributed by atoms with Gasteiger partial charge in [0.1, 0.15) is 5.65 Å². The number of hydrogen-bond acceptors (Lipinski definition) is 5. The average Bonchev–Trinajstić information content (AvgIpc) is 2.81. The highest BCUT2D eigenvalue weighted by atomic mass is 16.2. The monoisotopic (exact) mass is 428 g/mol. The fourth-order valence-electron chi connectivity index (χ4n) is 3.47. The summed E-state index contributed by atoms with van der Waals surface area (Å²) in [6.45, 7) is 1.93. The van der Waals surface area contributed by atoms with Gasteiger partial charge in [0, 0.05) is 25.2 Å². The molecule has 0 aliphatic carbocycles. The van der Waals surface area contributed by atoms with Crippen molar-refractivity contribution in [2.45, 2.75) is 6.92 Å².